The maximum atomic E-state index is 11.4. The maximum Gasteiger partial charge on any atom is 0.0703 e. The minimum atomic E-state index is -0.359. The second kappa shape index (κ2) is 5.48. The summed E-state index contributed by atoms with van der Waals surface area (Å²) in [7, 11) is 0. The van der Waals surface area contributed by atoms with Crippen molar-refractivity contribution in [2.75, 3.05) is 0 Å². The summed E-state index contributed by atoms with van der Waals surface area (Å²) in [4.78, 5) is 0. The molecule has 7 atom stereocenters. The fourth-order valence-corrected chi connectivity index (χ4v) is 8.23. The van der Waals surface area contributed by atoms with Crippen molar-refractivity contribution < 1.29 is 5.11 Å². The van der Waals surface area contributed by atoms with E-state index in [1.807, 2.05) is 0 Å². The van der Waals surface area contributed by atoms with Crippen LogP contribution in [-0.2, 0) is 0 Å². The van der Waals surface area contributed by atoms with Crippen LogP contribution < -0.4 is 0 Å². The Kier molecular flexibility index (Phi) is 3.91. The van der Waals surface area contributed by atoms with Crippen LogP contribution in [0.15, 0.2) is 0 Å². The van der Waals surface area contributed by atoms with E-state index in [0.29, 0.717) is 5.41 Å². The molecule has 1 heteroatoms. The van der Waals surface area contributed by atoms with Gasteiger partial charge in [-0.1, -0.05) is 40.0 Å². The number of rotatable bonds is 2. The zero-order chi connectivity index (χ0) is 16.3. The molecule has 1 nitrogen and oxygen atoms in total. The van der Waals surface area contributed by atoms with Crippen molar-refractivity contribution in [2.24, 2.45) is 34.5 Å². The van der Waals surface area contributed by atoms with Crippen molar-refractivity contribution in [1.82, 2.24) is 0 Å². The molecule has 0 heterocycles. The van der Waals surface area contributed by atoms with Gasteiger partial charge in [0.05, 0.1) is 5.60 Å². The molecule has 0 bridgehead atoms. The molecule has 0 aromatic carbocycles. The highest BCUT2D eigenvalue weighted by atomic mass is 16.3. The molecule has 0 aromatic heterocycles. The largest absolute Gasteiger partial charge is 0.389 e. The first-order valence-corrected chi connectivity index (χ1v) is 10.7. The lowest BCUT2D eigenvalue weighted by Gasteiger charge is -2.61. The van der Waals surface area contributed by atoms with Crippen LogP contribution in [0.5, 0.6) is 0 Å². The van der Waals surface area contributed by atoms with Crippen LogP contribution in [0.25, 0.3) is 0 Å². The number of aliphatic hydroxyl groups is 1. The first-order valence-electron chi connectivity index (χ1n) is 10.7. The summed E-state index contributed by atoms with van der Waals surface area (Å²) in [6.07, 6.45) is 16.1. The molecule has 0 saturated heterocycles. The molecule has 4 aliphatic rings. The second-order valence-corrected chi connectivity index (χ2v) is 10.2. The Labute approximate surface area is 143 Å². The standard InChI is InChI=1S/C22H38O/c1-4-12-22(23)15-11-19-17-9-8-16-7-5-6-13-20(16,2)18(17)10-14-21(19,22)3/h16-19,23H,4-15H2,1-3H3/t16-,17+,18-,19-,20+,21+,22+/m1/s1. The van der Waals surface area contributed by atoms with Gasteiger partial charge in [0.2, 0.25) is 0 Å². The Morgan fingerprint density at radius 2 is 1.65 bits per heavy atom. The Bertz CT molecular complexity index is 459. The summed E-state index contributed by atoms with van der Waals surface area (Å²) in [6.45, 7) is 7.36. The molecule has 4 rings (SSSR count). The number of fused-ring (bicyclic) bond motifs is 5. The van der Waals surface area contributed by atoms with Crippen molar-refractivity contribution in [3.63, 3.8) is 0 Å². The van der Waals surface area contributed by atoms with E-state index in [0.717, 1.165) is 42.9 Å². The van der Waals surface area contributed by atoms with Crippen molar-refractivity contribution in [3.05, 3.63) is 0 Å². The molecule has 23 heavy (non-hydrogen) atoms. The summed E-state index contributed by atoms with van der Waals surface area (Å²) in [5.41, 5.74) is 0.484. The molecule has 4 aliphatic carbocycles. The van der Waals surface area contributed by atoms with Gasteiger partial charge in [-0.3, -0.25) is 0 Å². The van der Waals surface area contributed by atoms with Crippen LogP contribution in [0.4, 0.5) is 0 Å². The number of hydrogen-bond acceptors (Lipinski definition) is 1. The minimum Gasteiger partial charge on any atom is -0.389 e. The third-order valence-corrected chi connectivity index (χ3v) is 9.57. The van der Waals surface area contributed by atoms with Gasteiger partial charge in [-0.2, -0.15) is 0 Å². The van der Waals surface area contributed by atoms with E-state index in [2.05, 4.69) is 20.8 Å². The number of hydrogen-bond donors (Lipinski definition) is 1. The molecule has 0 spiro atoms. The van der Waals surface area contributed by atoms with Crippen molar-refractivity contribution in [2.45, 2.75) is 103 Å². The van der Waals surface area contributed by atoms with Gasteiger partial charge in [0.15, 0.2) is 0 Å². The van der Waals surface area contributed by atoms with Crippen molar-refractivity contribution in [3.8, 4) is 0 Å². The average molecular weight is 319 g/mol. The fourth-order valence-electron chi connectivity index (χ4n) is 8.23. The Hall–Kier alpha value is -0.0400. The first kappa shape index (κ1) is 16.4. The summed E-state index contributed by atoms with van der Waals surface area (Å²) in [5, 5.41) is 11.4. The summed E-state index contributed by atoms with van der Waals surface area (Å²) < 4.78 is 0. The SMILES string of the molecule is CCC[C@]1(O)CC[C@@H]2[C@H]3CC[C@H]4CCCC[C@]4(C)[C@@H]3CC[C@@]21C. The highest BCUT2D eigenvalue weighted by molar-refractivity contribution is 5.13. The zero-order valence-electron chi connectivity index (χ0n) is 15.7. The molecule has 0 amide bonds. The predicted molar refractivity (Wildman–Crippen MR) is 96.2 cm³/mol. The van der Waals surface area contributed by atoms with E-state index in [1.165, 1.54) is 57.8 Å². The lowest BCUT2D eigenvalue weighted by molar-refractivity contribution is -0.153. The van der Waals surface area contributed by atoms with Crippen LogP contribution >= 0.6 is 0 Å². The Morgan fingerprint density at radius 1 is 0.870 bits per heavy atom. The van der Waals surface area contributed by atoms with Crippen LogP contribution in [0.1, 0.15) is 97.8 Å². The zero-order valence-corrected chi connectivity index (χ0v) is 15.7. The summed E-state index contributed by atoms with van der Waals surface area (Å²) in [6, 6.07) is 0. The minimum absolute atomic E-state index is 0.210. The van der Waals surface area contributed by atoms with Gasteiger partial charge in [0, 0.05) is 0 Å². The monoisotopic (exact) mass is 318 g/mol. The van der Waals surface area contributed by atoms with Gasteiger partial charge in [-0.15, -0.1) is 0 Å². The van der Waals surface area contributed by atoms with E-state index in [4.69, 9.17) is 0 Å². The molecule has 4 saturated carbocycles. The van der Waals surface area contributed by atoms with E-state index < -0.39 is 0 Å². The normalized spacial score (nSPS) is 55.8. The third-order valence-electron chi connectivity index (χ3n) is 9.57. The topological polar surface area (TPSA) is 20.2 Å². The quantitative estimate of drug-likeness (QED) is 0.667. The molecular weight excluding hydrogens is 280 g/mol. The molecule has 1 N–H and O–H groups in total. The van der Waals surface area contributed by atoms with Crippen LogP contribution in [-0.4, -0.2) is 10.7 Å². The maximum absolute atomic E-state index is 11.4. The van der Waals surface area contributed by atoms with E-state index >= 15 is 0 Å². The molecule has 0 unspecified atom stereocenters. The van der Waals surface area contributed by atoms with Crippen LogP contribution in [0.2, 0.25) is 0 Å². The van der Waals surface area contributed by atoms with Crippen LogP contribution in [0, 0.1) is 34.5 Å². The van der Waals surface area contributed by atoms with Crippen molar-refractivity contribution in [1.29, 1.82) is 0 Å². The van der Waals surface area contributed by atoms with E-state index in [1.54, 1.807) is 0 Å². The molecule has 0 aliphatic heterocycles. The van der Waals surface area contributed by atoms with Gasteiger partial charge in [-0.25, -0.2) is 0 Å². The molecule has 4 fully saturated rings. The van der Waals surface area contributed by atoms with Gasteiger partial charge < -0.3 is 5.11 Å². The average Bonchev–Trinajstić information content (AvgIpc) is 2.79. The van der Waals surface area contributed by atoms with Gasteiger partial charge in [-0.05, 0) is 92.3 Å². The van der Waals surface area contributed by atoms with E-state index in [-0.39, 0.29) is 11.0 Å². The van der Waals surface area contributed by atoms with Crippen LogP contribution in [0.3, 0.4) is 0 Å². The van der Waals surface area contributed by atoms with Gasteiger partial charge >= 0.3 is 0 Å². The fraction of sp³-hybridized carbons (Fsp3) is 1.00. The lowest BCUT2D eigenvalue weighted by Crippen LogP contribution is -2.56. The smallest absolute Gasteiger partial charge is 0.0703 e. The Morgan fingerprint density at radius 3 is 2.43 bits per heavy atom. The summed E-state index contributed by atoms with van der Waals surface area (Å²) in [5.74, 6) is 3.69. The van der Waals surface area contributed by atoms with Crippen molar-refractivity contribution >= 4 is 0 Å². The lowest BCUT2D eigenvalue weighted by atomic mass is 9.44. The predicted octanol–water partition coefficient (Wildman–Crippen LogP) is 5.95. The highest BCUT2D eigenvalue weighted by Crippen LogP contribution is 2.68. The molecule has 132 valence electrons. The highest BCUT2D eigenvalue weighted by Gasteiger charge is 2.63. The molecular formula is C22H38O. The molecule has 0 radical (unpaired) electrons. The molecule has 0 aromatic rings. The Balaban J connectivity index is 1.63. The third kappa shape index (κ3) is 2.14. The second-order valence-electron chi connectivity index (χ2n) is 10.2. The van der Waals surface area contributed by atoms with E-state index in [9.17, 15) is 5.11 Å². The first-order chi connectivity index (χ1) is 10.9. The summed E-state index contributed by atoms with van der Waals surface area (Å²) >= 11 is 0. The van der Waals surface area contributed by atoms with Gasteiger partial charge in [0.25, 0.3) is 0 Å². The van der Waals surface area contributed by atoms with Gasteiger partial charge in [0.1, 0.15) is 0 Å².